The second kappa shape index (κ2) is 9.29. The minimum atomic E-state index is -0.459. The van der Waals surface area contributed by atoms with Crippen LogP contribution in [-0.4, -0.2) is 66.5 Å². The number of hydrogen-bond donors (Lipinski definition) is 0. The van der Waals surface area contributed by atoms with E-state index in [4.69, 9.17) is 14.0 Å². The van der Waals surface area contributed by atoms with Gasteiger partial charge in [0.2, 0.25) is 0 Å². The molecule has 1 atom stereocenters. The van der Waals surface area contributed by atoms with Crippen LogP contribution in [0.3, 0.4) is 0 Å². The van der Waals surface area contributed by atoms with Crippen molar-refractivity contribution in [1.29, 1.82) is 0 Å². The van der Waals surface area contributed by atoms with Gasteiger partial charge in [-0.15, -0.1) is 0 Å². The first-order valence-corrected chi connectivity index (χ1v) is 11.1. The summed E-state index contributed by atoms with van der Waals surface area (Å²) in [6.45, 7) is 16.1. The second-order valence-corrected chi connectivity index (χ2v) is 10.2. The third kappa shape index (κ3) is 6.72. The molecule has 1 aromatic carbocycles. The molecule has 6 nitrogen and oxygen atoms in total. The molecule has 0 saturated carbocycles. The van der Waals surface area contributed by atoms with E-state index in [1.165, 1.54) is 5.56 Å². The highest BCUT2D eigenvalue weighted by Crippen LogP contribution is 2.25. The molecule has 30 heavy (non-hydrogen) atoms. The molecule has 2 fully saturated rings. The van der Waals surface area contributed by atoms with Crippen molar-refractivity contribution in [3.05, 3.63) is 29.8 Å². The predicted octanol–water partition coefficient (Wildman–Crippen LogP) is 3.43. The second-order valence-electron chi connectivity index (χ2n) is 10.2. The number of hydrogen-bond acceptors (Lipinski definition) is 5. The molecular weight excluding hydrogens is 379 g/mol. The summed E-state index contributed by atoms with van der Waals surface area (Å²) in [5, 5.41) is 0. The molecule has 0 aliphatic carbocycles. The first-order valence-electron chi connectivity index (χ1n) is 11.1. The summed E-state index contributed by atoms with van der Waals surface area (Å²) in [6.07, 6.45) is 1.80. The number of carbonyl (C=O) groups excluding carboxylic acids is 1. The molecule has 3 rings (SSSR count). The average Bonchev–Trinajstić information content (AvgIpc) is 2.84. The molecular formula is C23H37BN2O4. The fourth-order valence-corrected chi connectivity index (χ4v) is 4.20. The van der Waals surface area contributed by atoms with Crippen molar-refractivity contribution >= 4 is 18.7 Å². The van der Waals surface area contributed by atoms with Gasteiger partial charge in [-0.1, -0.05) is 24.3 Å². The largest absolute Gasteiger partial charge is 0.494 e. The van der Waals surface area contributed by atoms with Gasteiger partial charge >= 0.3 is 13.2 Å². The average molecular weight is 416 g/mol. The first kappa shape index (κ1) is 23.1. The summed E-state index contributed by atoms with van der Waals surface area (Å²) < 4.78 is 17.8. The molecule has 0 radical (unpaired) electrons. The van der Waals surface area contributed by atoms with E-state index < -0.39 is 5.60 Å². The van der Waals surface area contributed by atoms with Crippen molar-refractivity contribution in [2.45, 2.75) is 78.2 Å². The van der Waals surface area contributed by atoms with E-state index in [1.54, 1.807) is 0 Å². The molecule has 2 aliphatic rings. The highest BCUT2D eigenvalue weighted by Gasteiger charge is 2.38. The molecule has 0 N–H and O–H groups in total. The van der Waals surface area contributed by atoms with Crippen molar-refractivity contribution in [3.8, 4) is 0 Å². The Kier molecular flexibility index (Phi) is 7.15. The monoisotopic (exact) mass is 416 g/mol. The zero-order valence-electron chi connectivity index (χ0n) is 19.4. The van der Waals surface area contributed by atoms with Crippen molar-refractivity contribution in [3.63, 3.8) is 0 Å². The molecule has 1 aromatic rings. The van der Waals surface area contributed by atoms with Gasteiger partial charge < -0.3 is 18.9 Å². The van der Waals surface area contributed by atoms with E-state index in [2.05, 4.69) is 49.9 Å². The molecule has 1 amide bonds. The van der Waals surface area contributed by atoms with E-state index in [9.17, 15) is 4.79 Å². The van der Waals surface area contributed by atoms with Crippen LogP contribution in [0, 0.1) is 0 Å². The number of carbonyl (C=O) groups is 1. The summed E-state index contributed by atoms with van der Waals surface area (Å²) in [4.78, 5) is 16.6. The summed E-state index contributed by atoms with van der Waals surface area (Å²) in [7, 11) is -0.324. The topological polar surface area (TPSA) is 51.2 Å². The van der Waals surface area contributed by atoms with Crippen LogP contribution in [0.25, 0.3) is 0 Å². The summed E-state index contributed by atoms with van der Waals surface area (Å²) in [5.74, 6) is 0. The van der Waals surface area contributed by atoms with E-state index in [0.29, 0.717) is 6.54 Å². The van der Waals surface area contributed by atoms with Crippen LogP contribution in [0.5, 0.6) is 0 Å². The molecule has 1 unspecified atom stereocenters. The van der Waals surface area contributed by atoms with Gasteiger partial charge in [-0.3, -0.25) is 4.90 Å². The Labute approximate surface area is 182 Å². The maximum absolute atomic E-state index is 12.4. The molecule has 166 valence electrons. The van der Waals surface area contributed by atoms with E-state index in [-0.39, 0.29) is 24.9 Å². The zero-order chi connectivity index (χ0) is 21.9. The highest BCUT2D eigenvalue weighted by molar-refractivity contribution is 6.61. The van der Waals surface area contributed by atoms with E-state index in [1.807, 2.05) is 25.7 Å². The maximum atomic E-state index is 12.4. The van der Waals surface area contributed by atoms with Crippen molar-refractivity contribution in [2.24, 2.45) is 0 Å². The Bertz CT molecular complexity index is 734. The van der Waals surface area contributed by atoms with Crippen LogP contribution in [0.2, 0.25) is 0 Å². The quantitative estimate of drug-likeness (QED) is 0.707. The molecule has 2 saturated heterocycles. The number of ether oxygens (including phenoxy) is 1. The summed E-state index contributed by atoms with van der Waals surface area (Å²) in [6, 6.07) is 8.50. The SMILES string of the molecule is CC1CC(C)(C)OB(c2cccc(CN3CCCN(C(=O)OC(C)(C)C)CC3)c2)O1. The summed E-state index contributed by atoms with van der Waals surface area (Å²) in [5.41, 5.74) is 1.66. The minimum Gasteiger partial charge on any atom is -0.444 e. The third-order valence-electron chi connectivity index (χ3n) is 5.43. The molecule has 0 spiro atoms. The molecule has 0 bridgehead atoms. The van der Waals surface area contributed by atoms with Crippen LogP contribution in [0.4, 0.5) is 4.79 Å². The van der Waals surface area contributed by atoms with Crippen LogP contribution in [0.1, 0.15) is 59.9 Å². The van der Waals surface area contributed by atoms with E-state index >= 15 is 0 Å². The van der Waals surface area contributed by atoms with Gasteiger partial charge in [0.15, 0.2) is 0 Å². The number of rotatable bonds is 3. The van der Waals surface area contributed by atoms with Crippen LogP contribution >= 0.6 is 0 Å². The van der Waals surface area contributed by atoms with Crippen LogP contribution in [-0.2, 0) is 20.6 Å². The van der Waals surface area contributed by atoms with Crippen LogP contribution < -0.4 is 5.46 Å². The highest BCUT2D eigenvalue weighted by atomic mass is 16.6. The standard InChI is InChI=1S/C23H37BN2O4/c1-18-16-23(5,6)30-24(29-18)20-10-7-9-19(15-20)17-25-11-8-12-26(14-13-25)21(27)28-22(2,3)4/h7,9-10,15,18H,8,11-14,16-17H2,1-6H3. The van der Waals surface area contributed by atoms with Crippen LogP contribution in [0.15, 0.2) is 24.3 Å². The number of amides is 1. The van der Waals surface area contributed by atoms with Crippen molar-refractivity contribution in [2.75, 3.05) is 26.2 Å². The Morgan fingerprint density at radius 3 is 2.70 bits per heavy atom. The Morgan fingerprint density at radius 2 is 2.00 bits per heavy atom. The number of benzene rings is 1. The lowest BCUT2D eigenvalue weighted by atomic mass is 9.74. The summed E-state index contributed by atoms with van der Waals surface area (Å²) >= 11 is 0. The normalized spacial score (nSPS) is 23.2. The lowest BCUT2D eigenvalue weighted by Crippen LogP contribution is -2.51. The first-order chi connectivity index (χ1) is 14.0. The molecule has 0 aromatic heterocycles. The Morgan fingerprint density at radius 1 is 1.23 bits per heavy atom. The molecule has 2 heterocycles. The molecule has 7 heteroatoms. The fraction of sp³-hybridized carbons (Fsp3) is 0.696. The van der Waals surface area contributed by atoms with Gasteiger partial charge in [-0.05, 0) is 65.4 Å². The Hall–Kier alpha value is -1.57. The maximum Gasteiger partial charge on any atom is 0.494 e. The van der Waals surface area contributed by atoms with Gasteiger partial charge in [0.25, 0.3) is 0 Å². The lowest BCUT2D eigenvalue weighted by molar-refractivity contribution is -0.0230. The van der Waals surface area contributed by atoms with E-state index in [0.717, 1.165) is 44.5 Å². The van der Waals surface area contributed by atoms with Gasteiger partial charge in [0, 0.05) is 38.8 Å². The van der Waals surface area contributed by atoms with Gasteiger partial charge in [0.05, 0.1) is 5.60 Å². The van der Waals surface area contributed by atoms with Gasteiger partial charge in [-0.2, -0.15) is 0 Å². The number of nitrogens with zero attached hydrogens (tertiary/aromatic N) is 2. The lowest BCUT2D eigenvalue weighted by Gasteiger charge is -2.38. The smallest absolute Gasteiger partial charge is 0.444 e. The van der Waals surface area contributed by atoms with Gasteiger partial charge in [-0.25, -0.2) is 4.79 Å². The van der Waals surface area contributed by atoms with Crippen molar-refractivity contribution < 1.29 is 18.8 Å². The minimum absolute atomic E-state index is 0.173. The molecule has 2 aliphatic heterocycles. The van der Waals surface area contributed by atoms with Crippen molar-refractivity contribution in [1.82, 2.24) is 9.80 Å². The van der Waals surface area contributed by atoms with Gasteiger partial charge in [0.1, 0.15) is 5.60 Å². The fourth-order valence-electron chi connectivity index (χ4n) is 4.20. The Balaban J connectivity index is 1.59. The zero-order valence-corrected chi connectivity index (χ0v) is 19.4. The third-order valence-corrected chi connectivity index (χ3v) is 5.43. The predicted molar refractivity (Wildman–Crippen MR) is 120 cm³/mol.